The number of esters is 1. The molecule has 0 radical (unpaired) electrons. The molecule has 1 fully saturated rings. The first kappa shape index (κ1) is 29.0. The van der Waals surface area contributed by atoms with Crippen molar-refractivity contribution in [2.75, 3.05) is 17.0 Å². The van der Waals surface area contributed by atoms with Gasteiger partial charge in [-0.2, -0.15) is 0 Å². The molecule has 9 rings (SSSR count). The minimum absolute atomic E-state index is 0.0445. The summed E-state index contributed by atoms with van der Waals surface area (Å²) in [6.45, 7) is 0.0445. The van der Waals surface area contributed by atoms with Crippen LogP contribution < -0.4 is 19.7 Å². The van der Waals surface area contributed by atoms with E-state index < -0.39 is 35.5 Å². The summed E-state index contributed by atoms with van der Waals surface area (Å²) in [5.74, 6) is -1.55. The van der Waals surface area contributed by atoms with Crippen molar-refractivity contribution in [1.82, 2.24) is 0 Å². The number of Topliss-reactive ketones (excluding diaryl/α,β-unsaturated/α-hetero) is 1. The summed E-state index contributed by atoms with van der Waals surface area (Å²) in [6, 6.07) is 37.4. The highest BCUT2D eigenvalue weighted by atomic mass is 16.7. The van der Waals surface area contributed by atoms with Crippen molar-refractivity contribution >= 4 is 35.1 Å². The smallest absolute Gasteiger partial charge is 0.330 e. The molecule has 8 nitrogen and oxygen atoms in total. The summed E-state index contributed by atoms with van der Waals surface area (Å²) in [6.07, 6.45) is 3.16. The molecule has 4 atom stereocenters. The highest BCUT2D eigenvalue weighted by Crippen LogP contribution is 2.58. The number of ketones is 1. The maximum absolute atomic E-state index is 15.2. The van der Waals surface area contributed by atoms with Gasteiger partial charge in [0.05, 0.1) is 12.0 Å². The number of hydrogen-bond acceptors (Lipinski definition) is 7. The van der Waals surface area contributed by atoms with Crippen LogP contribution in [-0.2, 0) is 19.7 Å². The summed E-state index contributed by atoms with van der Waals surface area (Å²) < 4.78 is 17.7. The lowest BCUT2D eigenvalue weighted by molar-refractivity contribution is -0.150. The Labute approximate surface area is 282 Å². The highest BCUT2D eigenvalue weighted by Gasteiger charge is 2.71. The van der Waals surface area contributed by atoms with Gasteiger partial charge in [0.2, 0.25) is 12.7 Å². The Balaban J connectivity index is 1.26. The summed E-state index contributed by atoms with van der Waals surface area (Å²) in [7, 11) is 0. The van der Waals surface area contributed by atoms with Gasteiger partial charge >= 0.3 is 5.97 Å². The van der Waals surface area contributed by atoms with E-state index in [0.717, 1.165) is 22.4 Å². The normalized spacial score (nSPS) is 22.4. The van der Waals surface area contributed by atoms with E-state index in [1.54, 1.807) is 18.2 Å². The molecule has 5 aromatic carbocycles. The van der Waals surface area contributed by atoms with Gasteiger partial charge in [0.15, 0.2) is 23.4 Å². The first-order valence-electron chi connectivity index (χ1n) is 16.3. The topological polar surface area (TPSA) is 94.2 Å². The molecule has 0 aliphatic carbocycles. The van der Waals surface area contributed by atoms with Crippen LogP contribution in [0.1, 0.15) is 38.7 Å². The van der Waals surface area contributed by atoms with Crippen LogP contribution in [0.15, 0.2) is 133 Å². The number of fused-ring (bicyclic) bond motifs is 7. The number of para-hydroxylation sites is 2. The Hall–Kier alpha value is -6.15. The molecule has 240 valence electrons. The zero-order valence-electron chi connectivity index (χ0n) is 26.2. The second kappa shape index (κ2) is 11.2. The van der Waals surface area contributed by atoms with Crippen LogP contribution in [0, 0.1) is 5.92 Å². The third-order valence-electron chi connectivity index (χ3n) is 10.2. The molecule has 4 heterocycles. The molecule has 1 saturated heterocycles. The number of nitrogens with zero attached hydrogens (tertiary/aromatic N) is 1. The van der Waals surface area contributed by atoms with Gasteiger partial charge in [0.25, 0.3) is 0 Å². The van der Waals surface area contributed by atoms with Crippen molar-refractivity contribution < 1.29 is 28.6 Å². The van der Waals surface area contributed by atoms with E-state index in [2.05, 4.69) is 5.32 Å². The fourth-order valence-electron chi connectivity index (χ4n) is 8.09. The van der Waals surface area contributed by atoms with E-state index in [4.69, 9.17) is 14.2 Å². The molecule has 4 aliphatic rings. The predicted octanol–water partition coefficient (Wildman–Crippen LogP) is 6.72. The summed E-state index contributed by atoms with van der Waals surface area (Å²) in [5.41, 5.74) is 3.30. The van der Waals surface area contributed by atoms with Gasteiger partial charge in [0, 0.05) is 16.9 Å². The zero-order valence-corrected chi connectivity index (χ0v) is 26.2. The molecule has 4 aliphatic heterocycles. The summed E-state index contributed by atoms with van der Waals surface area (Å²) >= 11 is 0. The highest BCUT2D eigenvalue weighted by molar-refractivity contribution is 6.16. The Bertz CT molecular complexity index is 2130. The fourth-order valence-corrected chi connectivity index (χ4v) is 8.09. The van der Waals surface area contributed by atoms with E-state index in [9.17, 15) is 4.79 Å². The van der Waals surface area contributed by atoms with Crippen LogP contribution in [0.25, 0.3) is 6.08 Å². The van der Waals surface area contributed by atoms with Gasteiger partial charge in [-0.25, -0.2) is 4.79 Å². The van der Waals surface area contributed by atoms with E-state index in [0.29, 0.717) is 28.3 Å². The van der Waals surface area contributed by atoms with Crippen molar-refractivity contribution in [3.05, 3.63) is 161 Å². The third-order valence-corrected chi connectivity index (χ3v) is 10.2. The van der Waals surface area contributed by atoms with Crippen molar-refractivity contribution in [1.29, 1.82) is 0 Å². The molecule has 1 unspecified atom stereocenters. The van der Waals surface area contributed by atoms with Gasteiger partial charge in [-0.15, -0.1) is 0 Å². The van der Waals surface area contributed by atoms with Crippen LogP contribution in [0.2, 0.25) is 0 Å². The molecule has 49 heavy (non-hydrogen) atoms. The average Bonchev–Trinajstić information content (AvgIpc) is 3.84. The molecule has 1 amide bonds. The SMILES string of the molecule is O=C(c1ccc2c(c1)OCO2)[C@@H]1[C@H](C(=O)OC(c2ccccc2)c2ccccc2)N2c3ccccc3C=CC2[C@@]12C(=O)Nc1ccccc12. The molecule has 1 N–H and O–H groups in total. The molecular formula is C41H30N2O6. The lowest BCUT2D eigenvalue weighted by Crippen LogP contribution is -2.51. The monoisotopic (exact) mass is 646 g/mol. The average molecular weight is 647 g/mol. The number of ether oxygens (including phenoxy) is 3. The number of carbonyl (C=O) groups excluding carboxylic acids is 3. The number of carbonyl (C=O) groups is 3. The quantitative estimate of drug-likeness (QED) is 0.162. The predicted molar refractivity (Wildman–Crippen MR) is 183 cm³/mol. The zero-order chi connectivity index (χ0) is 33.1. The summed E-state index contributed by atoms with van der Waals surface area (Å²) in [4.78, 5) is 47.0. The van der Waals surface area contributed by atoms with Crippen molar-refractivity contribution in [2.45, 2.75) is 23.6 Å². The first-order valence-corrected chi connectivity index (χ1v) is 16.3. The molecule has 0 saturated carbocycles. The fraction of sp³-hybridized carbons (Fsp3) is 0.146. The second-order valence-electron chi connectivity index (χ2n) is 12.6. The number of rotatable bonds is 6. The molecule has 1 spiro atoms. The Morgan fingerprint density at radius 1 is 0.796 bits per heavy atom. The lowest BCUT2D eigenvalue weighted by atomic mass is 9.64. The number of benzene rings is 5. The van der Waals surface area contributed by atoms with Gasteiger partial charge in [-0.05, 0) is 52.6 Å². The second-order valence-corrected chi connectivity index (χ2v) is 12.6. The van der Waals surface area contributed by atoms with Gasteiger partial charge < -0.3 is 24.4 Å². The number of anilines is 2. The van der Waals surface area contributed by atoms with Gasteiger partial charge in [0.1, 0.15) is 11.5 Å². The molecule has 0 aromatic heterocycles. The minimum atomic E-state index is -1.47. The minimum Gasteiger partial charge on any atom is -0.454 e. The van der Waals surface area contributed by atoms with Crippen molar-refractivity contribution in [2.24, 2.45) is 5.92 Å². The van der Waals surface area contributed by atoms with Crippen LogP contribution in [0.3, 0.4) is 0 Å². The standard InChI is InChI=1S/C41H30N2O6/c44-37(28-19-21-32-33(23-28)48-24-47-32)35-36(39(45)49-38(26-12-3-1-4-13-26)27-14-5-2-6-15-27)43-31-18-10-7-11-25(31)20-22-34(43)41(35)29-16-8-9-17-30(29)42-40(41)46/h1-23,34-36,38H,24H2,(H,42,46)/t34?,35-,36+,41+/m0/s1. The first-order chi connectivity index (χ1) is 24.1. The van der Waals surface area contributed by atoms with Crippen LogP contribution in [-0.4, -0.2) is 36.5 Å². The van der Waals surface area contributed by atoms with E-state index in [-0.39, 0.29) is 18.5 Å². The van der Waals surface area contributed by atoms with E-state index in [1.165, 1.54) is 0 Å². The largest absolute Gasteiger partial charge is 0.454 e. The van der Waals surface area contributed by atoms with Crippen molar-refractivity contribution in [3.63, 3.8) is 0 Å². The maximum Gasteiger partial charge on any atom is 0.330 e. The van der Waals surface area contributed by atoms with Crippen LogP contribution in [0.5, 0.6) is 11.5 Å². The van der Waals surface area contributed by atoms with Gasteiger partial charge in [-0.1, -0.05) is 109 Å². The van der Waals surface area contributed by atoms with Crippen LogP contribution in [0.4, 0.5) is 11.4 Å². The van der Waals surface area contributed by atoms with E-state index in [1.807, 2.05) is 126 Å². The molecular weight excluding hydrogens is 616 g/mol. The van der Waals surface area contributed by atoms with Crippen molar-refractivity contribution in [3.8, 4) is 11.5 Å². The number of amides is 1. The molecule has 0 bridgehead atoms. The molecule has 8 heteroatoms. The van der Waals surface area contributed by atoms with E-state index >= 15 is 9.59 Å². The number of hydrogen-bond donors (Lipinski definition) is 1. The Morgan fingerprint density at radius 2 is 1.47 bits per heavy atom. The summed E-state index contributed by atoms with van der Waals surface area (Å²) in [5, 5.41) is 3.07. The van der Waals surface area contributed by atoms with Gasteiger partial charge in [-0.3, -0.25) is 9.59 Å². The number of nitrogens with one attached hydrogen (secondary N) is 1. The lowest BCUT2D eigenvalue weighted by Gasteiger charge is -2.37. The van der Waals surface area contributed by atoms with Crippen LogP contribution >= 0.6 is 0 Å². The Kier molecular flexibility index (Phi) is 6.65. The third kappa shape index (κ3) is 4.33. The maximum atomic E-state index is 15.2. The Morgan fingerprint density at radius 3 is 2.24 bits per heavy atom. The molecule has 5 aromatic rings.